The Hall–Kier alpha value is -2.62. The first-order valence-corrected chi connectivity index (χ1v) is 8.84. The first-order valence-electron chi connectivity index (χ1n) is 8.46. The Kier molecular flexibility index (Phi) is 5.87. The fourth-order valence-corrected chi connectivity index (χ4v) is 3.11. The molecule has 1 heterocycles. The normalized spacial score (nSPS) is 15.7. The average molecular weight is 418 g/mol. The van der Waals surface area contributed by atoms with Crippen molar-refractivity contribution in [2.75, 3.05) is 5.32 Å². The molecule has 0 unspecified atom stereocenters. The minimum Gasteiger partial charge on any atom is -0.325 e. The van der Waals surface area contributed by atoms with E-state index in [9.17, 15) is 22.4 Å². The number of H-pyrrole nitrogens is 1. The van der Waals surface area contributed by atoms with Crippen molar-refractivity contribution in [3.63, 3.8) is 0 Å². The van der Waals surface area contributed by atoms with Crippen molar-refractivity contribution < 1.29 is 22.4 Å². The highest BCUT2D eigenvalue weighted by Gasteiger charge is 2.33. The zero-order chi connectivity index (χ0) is 20.3. The van der Waals surface area contributed by atoms with Crippen molar-refractivity contribution in [2.24, 2.45) is 10.9 Å². The zero-order valence-corrected chi connectivity index (χ0v) is 15.2. The van der Waals surface area contributed by atoms with Gasteiger partial charge in [0.05, 0.1) is 0 Å². The molecule has 1 fully saturated rings. The standard InChI is InChI=1S/C17H16ClF4N5O/c18-10-5-11(19)7-12(6-10)23-16(25-15(28)9-3-1-2-4-9)24-14-8-13(26-27-14)17(20,21)22/h5-9H,1-4H2,(H3,23,24,25,26,27,28). The lowest BCUT2D eigenvalue weighted by Crippen LogP contribution is -2.39. The van der Waals surface area contributed by atoms with Gasteiger partial charge in [-0.3, -0.25) is 15.2 Å². The highest BCUT2D eigenvalue weighted by Crippen LogP contribution is 2.29. The third kappa shape index (κ3) is 5.22. The molecule has 6 nitrogen and oxygen atoms in total. The summed E-state index contributed by atoms with van der Waals surface area (Å²) in [5.74, 6) is -1.65. The molecule has 0 saturated heterocycles. The highest BCUT2D eigenvalue weighted by atomic mass is 35.5. The van der Waals surface area contributed by atoms with Gasteiger partial charge in [-0.1, -0.05) is 24.4 Å². The number of rotatable bonds is 3. The number of halogens is 5. The van der Waals surface area contributed by atoms with E-state index in [0.717, 1.165) is 25.0 Å². The lowest BCUT2D eigenvalue weighted by atomic mass is 10.1. The maximum Gasteiger partial charge on any atom is 0.432 e. The number of aromatic nitrogens is 2. The zero-order valence-electron chi connectivity index (χ0n) is 14.4. The van der Waals surface area contributed by atoms with Crippen molar-refractivity contribution in [1.82, 2.24) is 15.5 Å². The van der Waals surface area contributed by atoms with Gasteiger partial charge in [-0.25, -0.2) is 4.39 Å². The first-order chi connectivity index (χ1) is 13.2. The van der Waals surface area contributed by atoms with E-state index in [2.05, 4.69) is 20.7 Å². The van der Waals surface area contributed by atoms with Gasteiger partial charge >= 0.3 is 6.18 Å². The van der Waals surface area contributed by atoms with Gasteiger partial charge in [0.1, 0.15) is 11.5 Å². The van der Waals surface area contributed by atoms with Crippen molar-refractivity contribution in [2.45, 2.75) is 31.9 Å². The number of aliphatic imine (C=N–C) groups is 1. The maximum absolute atomic E-state index is 13.6. The Morgan fingerprint density at radius 2 is 1.93 bits per heavy atom. The Balaban J connectivity index is 1.86. The van der Waals surface area contributed by atoms with Gasteiger partial charge in [0, 0.05) is 22.7 Å². The van der Waals surface area contributed by atoms with Crippen LogP contribution >= 0.6 is 11.6 Å². The molecule has 11 heteroatoms. The van der Waals surface area contributed by atoms with E-state index in [0.29, 0.717) is 18.9 Å². The molecular weight excluding hydrogens is 402 g/mol. The van der Waals surface area contributed by atoms with Gasteiger partial charge in [-0.05, 0) is 31.0 Å². The second-order valence-electron chi connectivity index (χ2n) is 6.35. The van der Waals surface area contributed by atoms with E-state index in [1.54, 1.807) is 0 Å². The monoisotopic (exact) mass is 417 g/mol. The van der Waals surface area contributed by atoms with Crippen LogP contribution in [0.25, 0.3) is 0 Å². The molecule has 2 aromatic rings. The predicted molar refractivity (Wildman–Crippen MR) is 95.8 cm³/mol. The second kappa shape index (κ2) is 8.17. The van der Waals surface area contributed by atoms with Crippen molar-refractivity contribution in [3.8, 4) is 0 Å². The van der Waals surface area contributed by atoms with Crippen LogP contribution in [0.4, 0.5) is 29.1 Å². The van der Waals surface area contributed by atoms with E-state index in [1.165, 1.54) is 6.07 Å². The van der Waals surface area contributed by atoms with Gasteiger partial charge in [-0.2, -0.15) is 23.3 Å². The summed E-state index contributed by atoms with van der Waals surface area (Å²) < 4.78 is 51.7. The van der Waals surface area contributed by atoms with Gasteiger partial charge in [0.25, 0.3) is 0 Å². The molecule has 1 saturated carbocycles. The molecule has 0 spiro atoms. The molecule has 150 valence electrons. The van der Waals surface area contributed by atoms with Crippen molar-refractivity contribution in [1.29, 1.82) is 0 Å². The van der Waals surface area contributed by atoms with Crippen LogP contribution in [0.15, 0.2) is 29.3 Å². The van der Waals surface area contributed by atoms with Crippen LogP contribution in [0.5, 0.6) is 0 Å². The molecule has 3 rings (SSSR count). The quantitative estimate of drug-likeness (QED) is 0.387. The van der Waals surface area contributed by atoms with Gasteiger partial charge in [0.15, 0.2) is 5.82 Å². The smallest absolute Gasteiger partial charge is 0.325 e. The number of nitrogens with one attached hydrogen (secondary N) is 3. The van der Waals surface area contributed by atoms with Gasteiger partial charge in [0.2, 0.25) is 11.9 Å². The summed E-state index contributed by atoms with van der Waals surface area (Å²) in [6, 6.07) is 4.27. The number of amides is 1. The van der Waals surface area contributed by atoms with Crippen molar-refractivity contribution >= 4 is 35.0 Å². The number of carbonyl (C=O) groups excluding carboxylic acids is 1. The topological polar surface area (TPSA) is 82.2 Å². The van der Waals surface area contributed by atoms with Crippen LogP contribution in [-0.4, -0.2) is 22.1 Å². The van der Waals surface area contributed by atoms with Crippen molar-refractivity contribution in [3.05, 3.63) is 40.8 Å². The van der Waals surface area contributed by atoms with E-state index in [4.69, 9.17) is 11.6 Å². The molecule has 3 N–H and O–H groups in total. The minimum absolute atomic E-state index is 0.100. The summed E-state index contributed by atoms with van der Waals surface area (Å²) in [5.41, 5.74) is -0.913. The number of aromatic amines is 1. The largest absolute Gasteiger partial charge is 0.432 e. The number of nitrogens with zero attached hydrogens (tertiary/aromatic N) is 2. The second-order valence-corrected chi connectivity index (χ2v) is 6.79. The van der Waals surface area contributed by atoms with Crippen LogP contribution in [0.2, 0.25) is 5.02 Å². The summed E-state index contributed by atoms with van der Waals surface area (Å²) in [5, 5.41) is 10.6. The number of alkyl halides is 3. The fourth-order valence-electron chi connectivity index (χ4n) is 2.88. The molecule has 0 bridgehead atoms. The van der Waals surface area contributed by atoms with Crippen LogP contribution in [0.3, 0.4) is 0 Å². The number of anilines is 1. The summed E-state index contributed by atoms with van der Waals surface area (Å²) in [4.78, 5) is 16.3. The summed E-state index contributed by atoms with van der Waals surface area (Å²) in [6.07, 6.45) is -1.34. The molecular formula is C17H16ClF4N5O. The SMILES string of the molecule is O=C(NC(=Nc1cc(C(F)(F)F)[nH]n1)Nc1cc(F)cc(Cl)c1)C1CCCC1. The molecule has 0 atom stereocenters. The minimum atomic E-state index is -4.61. The van der Waals surface area contributed by atoms with Crippen LogP contribution in [0, 0.1) is 11.7 Å². The Labute approximate surface area is 162 Å². The number of hydrogen-bond acceptors (Lipinski definition) is 3. The molecule has 0 radical (unpaired) electrons. The molecule has 1 aromatic heterocycles. The molecule has 1 aromatic carbocycles. The van der Waals surface area contributed by atoms with E-state index in [1.807, 2.05) is 5.10 Å². The van der Waals surface area contributed by atoms with Crippen LogP contribution < -0.4 is 10.6 Å². The average Bonchev–Trinajstić information content (AvgIpc) is 3.25. The molecule has 0 aliphatic heterocycles. The fraction of sp³-hybridized carbons (Fsp3) is 0.353. The third-order valence-corrected chi connectivity index (χ3v) is 4.41. The van der Waals surface area contributed by atoms with Gasteiger partial charge < -0.3 is 5.32 Å². The highest BCUT2D eigenvalue weighted by molar-refractivity contribution is 6.31. The van der Waals surface area contributed by atoms with E-state index in [-0.39, 0.29) is 34.3 Å². The summed E-state index contributed by atoms with van der Waals surface area (Å²) >= 11 is 5.81. The molecule has 1 aliphatic rings. The lowest BCUT2D eigenvalue weighted by molar-refractivity contribution is -0.141. The Morgan fingerprint density at radius 1 is 1.21 bits per heavy atom. The molecule has 1 amide bonds. The summed E-state index contributed by atoms with van der Waals surface area (Å²) in [6.45, 7) is 0. The summed E-state index contributed by atoms with van der Waals surface area (Å²) in [7, 11) is 0. The number of hydrogen-bond donors (Lipinski definition) is 3. The van der Waals surface area contributed by atoms with Crippen LogP contribution in [-0.2, 0) is 11.0 Å². The first kappa shape index (κ1) is 20.1. The molecule has 28 heavy (non-hydrogen) atoms. The third-order valence-electron chi connectivity index (χ3n) is 4.19. The maximum atomic E-state index is 13.6. The number of carbonyl (C=O) groups is 1. The van der Waals surface area contributed by atoms with E-state index < -0.39 is 17.7 Å². The Bertz CT molecular complexity index is 870. The van der Waals surface area contributed by atoms with Crippen LogP contribution in [0.1, 0.15) is 31.4 Å². The Morgan fingerprint density at radius 3 is 2.54 bits per heavy atom. The lowest BCUT2D eigenvalue weighted by Gasteiger charge is -2.14. The number of guanidine groups is 1. The van der Waals surface area contributed by atoms with E-state index >= 15 is 0 Å². The van der Waals surface area contributed by atoms with Gasteiger partial charge in [-0.15, -0.1) is 0 Å². The predicted octanol–water partition coefficient (Wildman–Crippen LogP) is 4.63. The number of benzene rings is 1. The molecule has 1 aliphatic carbocycles.